The molecule has 1 N–H and O–H groups in total. The van der Waals surface area contributed by atoms with E-state index in [1.165, 1.54) is 36.8 Å². The summed E-state index contributed by atoms with van der Waals surface area (Å²) in [6.45, 7) is 1.94. The molecule has 0 aliphatic rings. The van der Waals surface area contributed by atoms with Crippen molar-refractivity contribution < 1.29 is 17.6 Å². The predicted octanol–water partition coefficient (Wildman–Crippen LogP) is 3.03. The van der Waals surface area contributed by atoms with Crippen LogP contribution < -0.4 is 9.62 Å². The number of carbonyl (C=O) groups is 1. The molecule has 1 amide bonds. The number of rotatable bonds is 9. The van der Waals surface area contributed by atoms with Gasteiger partial charge < -0.3 is 5.32 Å². The molecule has 0 aliphatic carbocycles. The second-order valence-electron chi connectivity index (χ2n) is 6.04. The molecule has 0 fully saturated rings. The summed E-state index contributed by atoms with van der Waals surface area (Å²) in [6, 6.07) is 14.1. The summed E-state index contributed by atoms with van der Waals surface area (Å²) in [5, 5.41) is 2.76. The lowest BCUT2D eigenvalue weighted by Gasteiger charge is -2.28. The Balaban J connectivity index is 1.90. The van der Waals surface area contributed by atoms with Crippen LogP contribution in [0, 0.1) is 5.82 Å². The molecule has 0 radical (unpaired) electrons. The summed E-state index contributed by atoms with van der Waals surface area (Å²) in [4.78, 5) is 12.4. The number of nitrogens with one attached hydrogen (secondary N) is 1. The summed E-state index contributed by atoms with van der Waals surface area (Å²) < 4.78 is 38.4. The first-order valence-corrected chi connectivity index (χ1v) is 11.4. The highest BCUT2D eigenvalue weighted by Crippen LogP contribution is 2.21. The Labute approximate surface area is 164 Å². The average molecular weight is 411 g/mol. The van der Waals surface area contributed by atoms with Gasteiger partial charge in [0.05, 0.1) is 11.9 Å². The lowest BCUT2D eigenvalue weighted by Crippen LogP contribution is -2.48. The molecule has 0 bridgehead atoms. The molecule has 0 saturated heterocycles. The number of hydrogen-bond donors (Lipinski definition) is 1. The minimum atomic E-state index is -3.70. The molecule has 8 heteroatoms. The highest BCUT2D eigenvalue weighted by atomic mass is 32.2. The molecule has 2 aromatic carbocycles. The van der Waals surface area contributed by atoms with E-state index < -0.39 is 27.8 Å². The van der Waals surface area contributed by atoms with Crippen LogP contribution in [0.1, 0.15) is 12.5 Å². The van der Waals surface area contributed by atoms with Gasteiger partial charge in [-0.05, 0) is 36.8 Å². The summed E-state index contributed by atoms with van der Waals surface area (Å²) in [7, 11) is -3.70. The van der Waals surface area contributed by atoms with Crippen LogP contribution in [0.4, 0.5) is 10.1 Å². The number of sulfonamides is 1. The Morgan fingerprint density at radius 3 is 2.37 bits per heavy atom. The maximum Gasteiger partial charge on any atom is 0.243 e. The molecule has 0 heterocycles. The minimum absolute atomic E-state index is 0.250. The largest absolute Gasteiger partial charge is 0.353 e. The summed E-state index contributed by atoms with van der Waals surface area (Å²) in [5.74, 6) is 0.685. The molecule has 146 valence electrons. The first-order chi connectivity index (χ1) is 12.8. The summed E-state index contributed by atoms with van der Waals surface area (Å²) >= 11 is 1.68. The van der Waals surface area contributed by atoms with Crippen molar-refractivity contribution in [2.24, 2.45) is 0 Å². The van der Waals surface area contributed by atoms with Crippen molar-refractivity contribution in [3.8, 4) is 0 Å². The second kappa shape index (κ2) is 9.75. The van der Waals surface area contributed by atoms with E-state index in [9.17, 15) is 17.6 Å². The third-order valence-corrected chi connectivity index (χ3v) is 6.10. The van der Waals surface area contributed by atoms with Gasteiger partial charge in [0.15, 0.2) is 0 Å². The van der Waals surface area contributed by atoms with Gasteiger partial charge in [0, 0.05) is 18.1 Å². The second-order valence-corrected chi connectivity index (χ2v) is 9.01. The number of thioether (sulfide) groups is 1. The van der Waals surface area contributed by atoms with Gasteiger partial charge in [0.25, 0.3) is 0 Å². The van der Waals surface area contributed by atoms with Crippen molar-refractivity contribution in [1.82, 2.24) is 5.32 Å². The number of amides is 1. The van der Waals surface area contributed by atoms with Crippen molar-refractivity contribution in [2.75, 3.05) is 22.9 Å². The fourth-order valence-corrected chi connectivity index (χ4v) is 4.55. The molecular weight excluding hydrogens is 387 g/mol. The van der Waals surface area contributed by atoms with E-state index in [-0.39, 0.29) is 5.69 Å². The number of hydrogen-bond acceptors (Lipinski definition) is 4. The monoisotopic (exact) mass is 410 g/mol. The van der Waals surface area contributed by atoms with Crippen LogP contribution in [0.5, 0.6) is 0 Å². The quantitative estimate of drug-likeness (QED) is 0.646. The standard InChI is InChI=1S/C19H23FN2O3S2/c1-15(22(27(2,24)25)18-10-8-17(20)9-11-18)19(23)21-12-13-26-14-16-6-4-3-5-7-16/h3-11,15H,12-14H2,1-2H3,(H,21,23). The normalized spacial score (nSPS) is 12.4. The third kappa shape index (κ3) is 6.55. The Morgan fingerprint density at radius 2 is 1.78 bits per heavy atom. The molecule has 0 aromatic heterocycles. The van der Waals surface area contributed by atoms with E-state index in [2.05, 4.69) is 5.32 Å². The molecule has 2 rings (SSSR count). The fourth-order valence-electron chi connectivity index (χ4n) is 2.56. The zero-order valence-corrected chi connectivity index (χ0v) is 16.9. The van der Waals surface area contributed by atoms with Gasteiger partial charge in [0.1, 0.15) is 11.9 Å². The van der Waals surface area contributed by atoms with Gasteiger partial charge in [-0.15, -0.1) is 0 Å². The SMILES string of the molecule is CC(C(=O)NCCSCc1ccccc1)N(c1ccc(F)cc1)S(C)(=O)=O. The Morgan fingerprint density at radius 1 is 1.15 bits per heavy atom. The van der Waals surface area contributed by atoms with Crippen LogP contribution in [0.2, 0.25) is 0 Å². The summed E-state index contributed by atoms with van der Waals surface area (Å²) in [5.41, 5.74) is 1.46. The number of carbonyl (C=O) groups excluding carboxylic acids is 1. The van der Waals surface area contributed by atoms with Crippen molar-refractivity contribution in [1.29, 1.82) is 0 Å². The zero-order valence-electron chi connectivity index (χ0n) is 15.3. The highest BCUT2D eigenvalue weighted by Gasteiger charge is 2.28. The minimum Gasteiger partial charge on any atom is -0.353 e. The van der Waals surface area contributed by atoms with Crippen LogP contribution in [0.25, 0.3) is 0 Å². The first-order valence-electron chi connectivity index (χ1n) is 8.43. The Hall–Kier alpha value is -2.06. The number of benzene rings is 2. The maximum absolute atomic E-state index is 13.1. The lowest BCUT2D eigenvalue weighted by molar-refractivity contribution is -0.121. The predicted molar refractivity (Wildman–Crippen MR) is 109 cm³/mol. The van der Waals surface area contributed by atoms with Crippen molar-refractivity contribution in [2.45, 2.75) is 18.7 Å². The molecule has 2 aromatic rings. The molecular formula is C19H23FN2O3S2. The van der Waals surface area contributed by atoms with E-state index in [1.807, 2.05) is 30.3 Å². The van der Waals surface area contributed by atoms with Gasteiger partial charge in [-0.3, -0.25) is 9.10 Å². The maximum atomic E-state index is 13.1. The molecule has 0 spiro atoms. The highest BCUT2D eigenvalue weighted by molar-refractivity contribution is 7.98. The molecule has 1 unspecified atom stereocenters. The van der Waals surface area contributed by atoms with E-state index in [0.717, 1.165) is 16.3 Å². The number of anilines is 1. The Bertz CT molecular complexity index is 843. The van der Waals surface area contributed by atoms with Crippen molar-refractivity contribution in [3.05, 3.63) is 66.0 Å². The zero-order chi connectivity index (χ0) is 19.9. The molecule has 0 saturated carbocycles. The van der Waals surface area contributed by atoms with E-state index in [0.29, 0.717) is 12.3 Å². The number of halogens is 1. The average Bonchev–Trinajstić information content (AvgIpc) is 2.62. The molecule has 5 nitrogen and oxygen atoms in total. The van der Waals surface area contributed by atoms with E-state index >= 15 is 0 Å². The lowest BCUT2D eigenvalue weighted by atomic mass is 10.2. The smallest absolute Gasteiger partial charge is 0.243 e. The van der Waals surface area contributed by atoms with Crippen LogP contribution in [0.15, 0.2) is 54.6 Å². The van der Waals surface area contributed by atoms with Crippen LogP contribution in [-0.2, 0) is 20.6 Å². The first kappa shape index (κ1) is 21.2. The molecule has 27 heavy (non-hydrogen) atoms. The van der Waals surface area contributed by atoms with Crippen LogP contribution >= 0.6 is 11.8 Å². The van der Waals surface area contributed by atoms with Crippen LogP contribution in [0.3, 0.4) is 0 Å². The fraction of sp³-hybridized carbons (Fsp3) is 0.316. The number of nitrogens with zero attached hydrogens (tertiary/aromatic N) is 1. The van der Waals surface area contributed by atoms with Gasteiger partial charge in [-0.25, -0.2) is 12.8 Å². The van der Waals surface area contributed by atoms with Gasteiger partial charge in [0.2, 0.25) is 15.9 Å². The van der Waals surface area contributed by atoms with Gasteiger partial charge >= 0.3 is 0 Å². The topological polar surface area (TPSA) is 66.5 Å². The van der Waals surface area contributed by atoms with E-state index in [4.69, 9.17) is 0 Å². The van der Waals surface area contributed by atoms with E-state index in [1.54, 1.807) is 11.8 Å². The van der Waals surface area contributed by atoms with Crippen LogP contribution in [-0.4, -0.2) is 38.9 Å². The third-order valence-electron chi connectivity index (χ3n) is 3.83. The van der Waals surface area contributed by atoms with Gasteiger partial charge in [-0.2, -0.15) is 11.8 Å². The molecule has 1 atom stereocenters. The molecule has 0 aliphatic heterocycles. The summed E-state index contributed by atoms with van der Waals surface area (Å²) in [6.07, 6.45) is 1.02. The Kier molecular flexibility index (Phi) is 7.67. The van der Waals surface area contributed by atoms with Crippen molar-refractivity contribution in [3.63, 3.8) is 0 Å². The van der Waals surface area contributed by atoms with Gasteiger partial charge in [-0.1, -0.05) is 30.3 Å². The van der Waals surface area contributed by atoms with Crippen molar-refractivity contribution >= 4 is 33.4 Å².